The van der Waals surface area contributed by atoms with Gasteiger partial charge in [-0.25, -0.2) is 18.4 Å². The van der Waals surface area contributed by atoms with Crippen LogP contribution >= 0.6 is 0 Å². The van der Waals surface area contributed by atoms with Crippen molar-refractivity contribution in [3.63, 3.8) is 0 Å². The highest BCUT2D eigenvalue weighted by Gasteiger charge is 2.11. The SMILES string of the molecule is CCCNc1ncnc(NCCS(C)(=O)=O)c1CCC. The molecule has 0 saturated carbocycles. The van der Waals surface area contributed by atoms with E-state index in [9.17, 15) is 8.42 Å². The summed E-state index contributed by atoms with van der Waals surface area (Å²) in [4.78, 5) is 8.50. The van der Waals surface area contributed by atoms with Gasteiger partial charge < -0.3 is 10.6 Å². The maximum atomic E-state index is 11.2. The molecular formula is C13H24N4O2S. The summed E-state index contributed by atoms with van der Waals surface area (Å²) in [6.07, 6.45) is 5.59. The molecule has 1 aromatic heterocycles. The van der Waals surface area contributed by atoms with Gasteiger partial charge in [-0.1, -0.05) is 20.3 Å². The lowest BCUT2D eigenvalue weighted by Gasteiger charge is -2.14. The Morgan fingerprint density at radius 3 is 2.15 bits per heavy atom. The minimum absolute atomic E-state index is 0.0975. The van der Waals surface area contributed by atoms with Crippen LogP contribution in [0.25, 0.3) is 0 Å². The molecule has 0 unspecified atom stereocenters. The number of anilines is 2. The van der Waals surface area contributed by atoms with E-state index in [4.69, 9.17) is 0 Å². The molecule has 0 amide bonds. The molecular weight excluding hydrogens is 276 g/mol. The molecule has 20 heavy (non-hydrogen) atoms. The first kappa shape index (κ1) is 16.7. The Morgan fingerprint density at radius 2 is 1.65 bits per heavy atom. The molecule has 6 nitrogen and oxygen atoms in total. The van der Waals surface area contributed by atoms with E-state index in [-0.39, 0.29) is 5.75 Å². The van der Waals surface area contributed by atoms with Crippen LogP contribution < -0.4 is 10.6 Å². The second kappa shape index (κ2) is 8.04. The average molecular weight is 300 g/mol. The Kier molecular flexibility index (Phi) is 6.70. The first-order valence-corrected chi connectivity index (χ1v) is 9.03. The van der Waals surface area contributed by atoms with Crippen molar-refractivity contribution in [2.24, 2.45) is 0 Å². The minimum atomic E-state index is -2.97. The third-order valence-electron chi connectivity index (χ3n) is 2.75. The van der Waals surface area contributed by atoms with Crippen LogP contribution in [0.1, 0.15) is 32.3 Å². The molecule has 0 aliphatic heterocycles. The van der Waals surface area contributed by atoms with Crippen LogP contribution in [-0.4, -0.2) is 43.5 Å². The van der Waals surface area contributed by atoms with Crippen molar-refractivity contribution >= 4 is 21.5 Å². The van der Waals surface area contributed by atoms with Gasteiger partial charge in [-0.15, -0.1) is 0 Å². The Balaban J connectivity index is 2.82. The fraction of sp³-hybridized carbons (Fsp3) is 0.692. The van der Waals surface area contributed by atoms with E-state index in [1.54, 1.807) is 0 Å². The molecule has 1 heterocycles. The summed E-state index contributed by atoms with van der Waals surface area (Å²) in [5.74, 6) is 1.66. The van der Waals surface area contributed by atoms with E-state index in [2.05, 4.69) is 34.4 Å². The lowest BCUT2D eigenvalue weighted by atomic mass is 10.1. The molecule has 0 fully saturated rings. The van der Waals surface area contributed by atoms with E-state index in [1.807, 2.05) is 0 Å². The summed E-state index contributed by atoms with van der Waals surface area (Å²) in [6, 6.07) is 0. The Bertz CT molecular complexity index is 517. The third-order valence-corrected chi connectivity index (χ3v) is 3.70. The van der Waals surface area contributed by atoms with Gasteiger partial charge in [0.15, 0.2) is 0 Å². The predicted octanol–water partition coefficient (Wildman–Crippen LogP) is 1.71. The van der Waals surface area contributed by atoms with Crippen LogP contribution in [0.15, 0.2) is 6.33 Å². The van der Waals surface area contributed by atoms with Crippen molar-refractivity contribution in [1.29, 1.82) is 0 Å². The highest BCUT2D eigenvalue weighted by Crippen LogP contribution is 2.21. The number of nitrogens with zero attached hydrogens (tertiary/aromatic N) is 2. The van der Waals surface area contributed by atoms with Crippen molar-refractivity contribution in [3.05, 3.63) is 11.9 Å². The summed E-state index contributed by atoms with van der Waals surface area (Å²) in [5, 5.41) is 6.39. The van der Waals surface area contributed by atoms with E-state index in [0.717, 1.165) is 43.0 Å². The number of rotatable bonds is 9. The molecule has 0 radical (unpaired) electrons. The lowest BCUT2D eigenvalue weighted by Crippen LogP contribution is -2.17. The zero-order valence-corrected chi connectivity index (χ0v) is 13.3. The number of aromatic nitrogens is 2. The van der Waals surface area contributed by atoms with Gasteiger partial charge in [0.25, 0.3) is 0 Å². The predicted molar refractivity (Wildman–Crippen MR) is 83.0 cm³/mol. The van der Waals surface area contributed by atoms with Crippen LogP contribution in [0, 0.1) is 0 Å². The van der Waals surface area contributed by atoms with Gasteiger partial charge in [-0.05, 0) is 12.8 Å². The van der Waals surface area contributed by atoms with Crippen LogP contribution in [0.2, 0.25) is 0 Å². The van der Waals surface area contributed by atoms with E-state index >= 15 is 0 Å². The monoisotopic (exact) mass is 300 g/mol. The first-order valence-electron chi connectivity index (χ1n) is 6.97. The second-order valence-corrected chi connectivity index (χ2v) is 7.04. The fourth-order valence-corrected chi connectivity index (χ4v) is 2.27. The maximum absolute atomic E-state index is 11.2. The third kappa shape index (κ3) is 5.73. The zero-order chi connectivity index (χ0) is 15.0. The van der Waals surface area contributed by atoms with E-state index in [1.165, 1.54) is 12.6 Å². The summed E-state index contributed by atoms with van der Waals surface area (Å²) in [7, 11) is -2.97. The van der Waals surface area contributed by atoms with Crippen LogP contribution in [0.4, 0.5) is 11.6 Å². The largest absolute Gasteiger partial charge is 0.370 e. The summed E-state index contributed by atoms with van der Waals surface area (Å²) < 4.78 is 22.3. The normalized spacial score (nSPS) is 11.3. The molecule has 0 aliphatic carbocycles. The van der Waals surface area contributed by atoms with E-state index < -0.39 is 9.84 Å². The standard InChI is InChI=1S/C13H24N4O2S/c1-4-6-11-12(14-7-5-2)16-10-17-13(11)15-8-9-20(3,18)19/h10H,4-9H2,1-3H3,(H2,14,15,16,17). The summed E-state index contributed by atoms with van der Waals surface area (Å²) in [5.41, 5.74) is 1.02. The molecule has 0 bridgehead atoms. The molecule has 1 aromatic rings. The van der Waals surface area contributed by atoms with Crippen molar-refractivity contribution in [1.82, 2.24) is 9.97 Å². The van der Waals surface area contributed by atoms with E-state index in [0.29, 0.717) is 6.54 Å². The molecule has 0 spiro atoms. The van der Waals surface area contributed by atoms with Crippen molar-refractivity contribution in [3.8, 4) is 0 Å². The van der Waals surface area contributed by atoms with Gasteiger partial charge in [-0.3, -0.25) is 0 Å². The molecule has 1 rings (SSSR count). The topological polar surface area (TPSA) is 84.0 Å². The molecule has 0 saturated heterocycles. The van der Waals surface area contributed by atoms with Crippen LogP contribution in [-0.2, 0) is 16.3 Å². The molecule has 2 N–H and O–H groups in total. The van der Waals surface area contributed by atoms with Gasteiger partial charge in [0.2, 0.25) is 0 Å². The van der Waals surface area contributed by atoms with Crippen molar-refractivity contribution in [2.45, 2.75) is 33.1 Å². The summed E-state index contributed by atoms with van der Waals surface area (Å²) >= 11 is 0. The Labute approximate surface area is 121 Å². The molecule has 0 aliphatic rings. The average Bonchev–Trinajstić information content (AvgIpc) is 2.37. The highest BCUT2D eigenvalue weighted by atomic mass is 32.2. The Hall–Kier alpha value is -1.37. The van der Waals surface area contributed by atoms with Crippen LogP contribution in [0.5, 0.6) is 0 Å². The van der Waals surface area contributed by atoms with Gasteiger partial charge >= 0.3 is 0 Å². The van der Waals surface area contributed by atoms with Gasteiger partial charge in [0.05, 0.1) is 5.75 Å². The molecule has 0 aromatic carbocycles. The number of nitrogens with one attached hydrogen (secondary N) is 2. The highest BCUT2D eigenvalue weighted by molar-refractivity contribution is 7.90. The second-order valence-electron chi connectivity index (χ2n) is 4.78. The van der Waals surface area contributed by atoms with Gasteiger partial charge in [0, 0.05) is 24.9 Å². The Morgan fingerprint density at radius 1 is 1.05 bits per heavy atom. The number of hydrogen-bond donors (Lipinski definition) is 2. The smallest absolute Gasteiger partial charge is 0.149 e. The summed E-state index contributed by atoms with van der Waals surface area (Å²) in [6.45, 7) is 5.41. The van der Waals surface area contributed by atoms with Crippen LogP contribution in [0.3, 0.4) is 0 Å². The van der Waals surface area contributed by atoms with Gasteiger partial charge in [0.1, 0.15) is 27.8 Å². The van der Waals surface area contributed by atoms with Crippen molar-refractivity contribution < 1.29 is 8.42 Å². The van der Waals surface area contributed by atoms with Crippen molar-refractivity contribution in [2.75, 3.05) is 35.7 Å². The maximum Gasteiger partial charge on any atom is 0.149 e. The zero-order valence-electron chi connectivity index (χ0n) is 12.4. The fourth-order valence-electron chi connectivity index (χ4n) is 1.80. The first-order chi connectivity index (χ1) is 9.48. The number of sulfone groups is 1. The molecule has 7 heteroatoms. The minimum Gasteiger partial charge on any atom is -0.370 e. The molecule has 114 valence electrons. The van der Waals surface area contributed by atoms with Gasteiger partial charge in [-0.2, -0.15) is 0 Å². The quantitative estimate of drug-likeness (QED) is 0.722. The lowest BCUT2D eigenvalue weighted by molar-refractivity contribution is 0.602. The number of hydrogen-bond acceptors (Lipinski definition) is 6. The molecule has 0 atom stereocenters.